The van der Waals surface area contributed by atoms with Crippen molar-refractivity contribution in [3.8, 4) is 10.4 Å². The van der Waals surface area contributed by atoms with E-state index >= 15 is 0 Å². The molecule has 21 heavy (non-hydrogen) atoms. The van der Waals surface area contributed by atoms with Crippen LogP contribution in [0.2, 0.25) is 0 Å². The number of alkyl halides is 3. The third-order valence-corrected chi connectivity index (χ3v) is 4.02. The first kappa shape index (κ1) is 15.7. The Morgan fingerprint density at radius 2 is 1.71 bits per heavy atom. The number of hydrogen-bond acceptors (Lipinski definition) is 2. The van der Waals surface area contributed by atoms with Gasteiger partial charge in [-0.15, -0.1) is 11.3 Å². The van der Waals surface area contributed by atoms with Crippen LogP contribution in [-0.2, 0) is 6.54 Å². The van der Waals surface area contributed by atoms with Crippen molar-refractivity contribution in [2.75, 3.05) is 14.1 Å². The Kier molecular flexibility index (Phi) is 4.49. The monoisotopic (exact) mass is 314 g/mol. The topological polar surface area (TPSA) is 21.5 Å². The second-order valence-electron chi connectivity index (χ2n) is 5.07. The highest BCUT2D eigenvalue weighted by atomic mass is 32.1. The van der Waals surface area contributed by atoms with Crippen LogP contribution in [0.3, 0.4) is 0 Å². The number of thiophene rings is 1. The quantitative estimate of drug-likeness (QED) is 0.861. The first-order valence-electron chi connectivity index (χ1n) is 6.37. The maximum Gasteiger partial charge on any atom is 0.455 e. The lowest BCUT2D eigenvalue weighted by Crippen LogP contribution is -3.04. The van der Waals surface area contributed by atoms with E-state index in [2.05, 4.69) is 0 Å². The van der Waals surface area contributed by atoms with E-state index in [0.29, 0.717) is 4.88 Å². The Bertz CT molecular complexity index is 629. The van der Waals surface area contributed by atoms with Crippen molar-refractivity contribution in [2.24, 2.45) is 0 Å². The van der Waals surface area contributed by atoms with E-state index in [0.717, 1.165) is 29.0 Å². The third kappa shape index (κ3) is 3.92. The molecule has 1 aromatic heterocycles. The average Bonchev–Trinajstić information content (AvgIpc) is 2.86. The lowest BCUT2D eigenvalue weighted by atomic mass is 10.1. The highest BCUT2D eigenvalue weighted by Crippen LogP contribution is 2.32. The molecule has 0 bridgehead atoms. The maximum absolute atomic E-state index is 12.4. The molecule has 0 saturated heterocycles. The van der Waals surface area contributed by atoms with Gasteiger partial charge in [-0.25, -0.2) is 0 Å². The number of hydrogen-bond donors (Lipinski definition) is 1. The van der Waals surface area contributed by atoms with Crippen molar-refractivity contribution < 1.29 is 22.9 Å². The highest BCUT2D eigenvalue weighted by molar-refractivity contribution is 7.17. The Morgan fingerprint density at radius 1 is 1.10 bits per heavy atom. The molecule has 1 N–H and O–H groups in total. The molecule has 1 aromatic carbocycles. The van der Waals surface area contributed by atoms with Crippen molar-refractivity contribution >= 4 is 17.1 Å². The molecule has 0 aliphatic rings. The Morgan fingerprint density at radius 3 is 2.24 bits per heavy atom. The molecule has 6 heteroatoms. The summed E-state index contributed by atoms with van der Waals surface area (Å²) in [5.41, 5.74) is 1.97. The van der Waals surface area contributed by atoms with Crippen LogP contribution in [0.4, 0.5) is 13.2 Å². The molecule has 0 aliphatic carbocycles. The molecular weight excluding hydrogens is 299 g/mol. The van der Waals surface area contributed by atoms with Crippen molar-refractivity contribution in [2.45, 2.75) is 12.7 Å². The van der Waals surface area contributed by atoms with E-state index in [1.165, 1.54) is 11.0 Å². The summed E-state index contributed by atoms with van der Waals surface area (Å²) in [4.78, 5) is 12.8. The van der Waals surface area contributed by atoms with E-state index < -0.39 is 12.0 Å². The lowest BCUT2D eigenvalue weighted by Gasteiger charge is -2.07. The Balaban J connectivity index is 2.20. The van der Waals surface area contributed by atoms with E-state index in [4.69, 9.17) is 0 Å². The van der Waals surface area contributed by atoms with Gasteiger partial charge in [0.1, 0.15) is 6.54 Å². The SMILES string of the molecule is C[NH+](C)Cc1ccc(-c2ccc(C(=O)C(F)(F)F)s2)cc1. The van der Waals surface area contributed by atoms with Crippen LogP contribution < -0.4 is 4.90 Å². The average molecular weight is 314 g/mol. The standard InChI is InChI=1S/C15H14F3NOS/c1-19(2)9-10-3-5-11(6-4-10)12-7-8-13(21-12)14(20)15(16,17)18/h3-8H,9H2,1-2H3/p+1. The first-order chi connectivity index (χ1) is 9.77. The molecule has 112 valence electrons. The lowest BCUT2D eigenvalue weighted by molar-refractivity contribution is -0.872. The molecule has 0 fully saturated rings. The van der Waals surface area contributed by atoms with Crippen LogP contribution in [0.1, 0.15) is 15.2 Å². The molecule has 2 aromatic rings. The molecule has 0 aliphatic heterocycles. The Labute approximate surface area is 124 Å². The van der Waals surface area contributed by atoms with Crippen molar-refractivity contribution in [1.82, 2.24) is 0 Å². The summed E-state index contributed by atoms with van der Waals surface area (Å²) in [6, 6.07) is 10.4. The fraction of sp³-hybridized carbons (Fsp3) is 0.267. The summed E-state index contributed by atoms with van der Waals surface area (Å²) in [6.45, 7) is 0.878. The van der Waals surface area contributed by atoms with Gasteiger partial charge in [0.25, 0.3) is 5.78 Å². The zero-order valence-corrected chi connectivity index (χ0v) is 12.4. The predicted octanol–water partition coefficient (Wildman–Crippen LogP) is 2.80. The van der Waals surface area contributed by atoms with Crippen LogP contribution in [-0.4, -0.2) is 26.1 Å². The largest absolute Gasteiger partial charge is 0.455 e. The van der Waals surface area contributed by atoms with Gasteiger partial charge in [-0.3, -0.25) is 4.79 Å². The molecule has 0 amide bonds. The number of carbonyl (C=O) groups is 1. The van der Waals surface area contributed by atoms with Crippen LogP contribution in [0.25, 0.3) is 10.4 Å². The van der Waals surface area contributed by atoms with Crippen molar-refractivity contribution in [3.05, 3.63) is 46.8 Å². The van der Waals surface area contributed by atoms with Crippen LogP contribution >= 0.6 is 11.3 Å². The number of Topliss-reactive ketones (excluding diaryl/α,β-unsaturated/α-hetero) is 1. The van der Waals surface area contributed by atoms with E-state index in [1.54, 1.807) is 6.07 Å². The predicted molar refractivity (Wildman–Crippen MR) is 76.7 cm³/mol. The fourth-order valence-electron chi connectivity index (χ4n) is 1.95. The number of ketones is 1. The molecule has 2 rings (SSSR count). The second kappa shape index (κ2) is 5.99. The van der Waals surface area contributed by atoms with Crippen LogP contribution in [0.5, 0.6) is 0 Å². The number of halogens is 3. The zero-order valence-electron chi connectivity index (χ0n) is 11.6. The molecule has 0 atom stereocenters. The van der Waals surface area contributed by atoms with Gasteiger partial charge in [0.05, 0.1) is 19.0 Å². The highest BCUT2D eigenvalue weighted by Gasteiger charge is 2.40. The maximum atomic E-state index is 12.4. The van der Waals surface area contributed by atoms with Gasteiger partial charge in [-0.05, 0) is 17.7 Å². The fourth-order valence-corrected chi connectivity index (χ4v) is 2.92. The van der Waals surface area contributed by atoms with Gasteiger partial charge < -0.3 is 4.90 Å². The van der Waals surface area contributed by atoms with Gasteiger partial charge in [0.15, 0.2) is 0 Å². The van der Waals surface area contributed by atoms with Crippen molar-refractivity contribution in [1.29, 1.82) is 0 Å². The molecule has 1 heterocycles. The van der Waals surface area contributed by atoms with Gasteiger partial charge in [0, 0.05) is 10.4 Å². The number of nitrogens with one attached hydrogen (secondary N) is 1. The number of carbonyl (C=O) groups excluding carboxylic acids is 1. The smallest absolute Gasteiger partial charge is 0.336 e. The second-order valence-corrected chi connectivity index (χ2v) is 6.16. The molecule has 0 spiro atoms. The van der Waals surface area contributed by atoms with Crippen LogP contribution in [0.15, 0.2) is 36.4 Å². The van der Waals surface area contributed by atoms with Gasteiger partial charge in [-0.1, -0.05) is 24.3 Å². The van der Waals surface area contributed by atoms with E-state index in [-0.39, 0.29) is 4.88 Å². The minimum Gasteiger partial charge on any atom is -0.336 e. The van der Waals surface area contributed by atoms with Crippen LogP contribution in [0, 0.1) is 0 Å². The molecule has 0 radical (unpaired) electrons. The summed E-state index contributed by atoms with van der Waals surface area (Å²) in [7, 11) is 4.09. The van der Waals surface area contributed by atoms with Gasteiger partial charge >= 0.3 is 6.18 Å². The minimum absolute atomic E-state index is 0.278. The van der Waals surface area contributed by atoms with Crippen molar-refractivity contribution in [3.63, 3.8) is 0 Å². The summed E-state index contributed by atoms with van der Waals surface area (Å²) in [5, 5.41) is 0. The Hall–Kier alpha value is -1.66. The van der Waals surface area contributed by atoms with Gasteiger partial charge in [0.2, 0.25) is 0 Å². The van der Waals surface area contributed by atoms with E-state index in [9.17, 15) is 18.0 Å². The number of benzene rings is 1. The summed E-state index contributed by atoms with van der Waals surface area (Å²) >= 11 is 0.866. The number of quaternary nitrogens is 1. The molecule has 0 unspecified atom stereocenters. The normalized spacial score (nSPS) is 11.9. The summed E-state index contributed by atoms with van der Waals surface area (Å²) in [5.74, 6) is -1.79. The number of rotatable bonds is 4. The zero-order chi connectivity index (χ0) is 15.6. The van der Waals surface area contributed by atoms with E-state index in [1.807, 2.05) is 38.4 Å². The molecular formula is C15H15F3NOS+. The first-order valence-corrected chi connectivity index (χ1v) is 7.18. The summed E-state index contributed by atoms with van der Waals surface area (Å²) in [6.07, 6.45) is -4.82. The minimum atomic E-state index is -4.82. The van der Waals surface area contributed by atoms with Gasteiger partial charge in [-0.2, -0.15) is 13.2 Å². The summed E-state index contributed by atoms with van der Waals surface area (Å²) < 4.78 is 37.1. The molecule has 0 saturated carbocycles. The molecule has 2 nitrogen and oxygen atoms in total. The third-order valence-electron chi connectivity index (χ3n) is 2.88.